The zero-order valence-corrected chi connectivity index (χ0v) is 10.8. The highest BCUT2D eigenvalue weighted by molar-refractivity contribution is 5.93. The lowest BCUT2D eigenvalue weighted by Gasteiger charge is -2.22. The molecule has 0 saturated carbocycles. The molecule has 1 aromatic heterocycles. The monoisotopic (exact) mass is 253 g/mol. The summed E-state index contributed by atoms with van der Waals surface area (Å²) >= 11 is 0. The Labute approximate surface area is 112 Å². The molecular weight excluding hydrogens is 238 g/mol. The number of nitrogens with zero attached hydrogens (tertiary/aromatic N) is 2. The van der Waals surface area contributed by atoms with Crippen LogP contribution >= 0.6 is 0 Å². The van der Waals surface area contributed by atoms with E-state index < -0.39 is 0 Å². The number of nitrogens with one attached hydrogen (secondary N) is 1. The van der Waals surface area contributed by atoms with Crippen LogP contribution < -0.4 is 10.2 Å². The second-order valence-electron chi connectivity index (χ2n) is 4.60. The standard InChI is InChI=1S/C15H15N3O/c1-11(19)17-13-6-8-16-10-15(13)18-9-7-12-4-2-3-5-14(12)18/h2-6,8,10H,7,9H2,1H3,(H,16,17,19). The summed E-state index contributed by atoms with van der Waals surface area (Å²) in [6, 6.07) is 10.2. The molecule has 4 heteroatoms. The van der Waals surface area contributed by atoms with Crippen LogP contribution in [0.1, 0.15) is 12.5 Å². The van der Waals surface area contributed by atoms with Gasteiger partial charge in [0.2, 0.25) is 5.91 Å². The average molecular weight is 253 g/mol. The van der Waals surface area contributed by atoms with Gasteiger partial charge in [0.15, 0.2) is 0 Å². The number of anilines is 3. The molecule has 0 saturated heterocycles. The minimum atomic E-state index is -0.0695. The van der Waals surface area contributed by atoms with Crippen LogP contribution in [0, 0.1) is 0 Å². The Bertz CT molecular complexity index is 624. The zero-order chi connectivity index (χ0) is 13.2. The third-order valence-electron chi connectivity index (χ3n) is 3.29. The van der Waals surface area contributed by atoms with E-state index in [1.165, 1.54) is 18.2 Å². The predicted molar refractivity (Wildman–Crippen MR) is 75.7 cm³/mol. The van der Waals surface area contributed by atoms with Gasteiger partial charge < -0.3 is 10.2 Å². The molecule has 2 aromatic rings. The summed E-state index contributed by atoms with van der Waals surface area (Å²) < 4.78 is 0. The minimum absolute atomic E-state index is 0.0695. The molecule has 0 atom stereocenters. The second-order valence-corrected chi connectivity index (χ2v) is 4.60. The van der Waals surface area contributed by atoms with Crippen molar-refractivity contribution >= 4 is 23.0 Å². The number of hydrogen-bond acceptors (Lipinski definition) is 3. The smallest absolute Gasteiger partial charge is 0.221 e. The van der Waals surface area contributed by atoms with E-state index in [1.807, 2.05) is 12.1 Å². The molecular formula is C15H15N3O. The van der Waals surface area contributed by atoms with Crippen molar-refractivity contribution in [3.8, 4) is 0 Å². The summed E-state index contributed by atoms with van der Waals surface area (Å²) in [5.74, 6) is -0.0695. The number of carbonyl (C=O) groups is 1. The van der Waals surface area contributed by atoms with E-state index in [9.17, 15) is 4.79 Å². The quantitative estimate of drug-likeness (QED) is 0.895. The number of carbonyl (C=O) groups excluding carboxylic acids is 1. The van der Waals surface area contributed by atoms with Gasteiger partial charge in [0.1, 0.15) is 0 Å². The molecule has 0 spiro atoms. The van der Waals surface area contributed by atoms with Crippen LogP contribution in [0.5, 0.6) is 0 Å². The number of pyridine rings is 1. The van der Waals surface area contributed by atoms with Crippen molar-refractivity contribution in [2.75, 3.05) is 16.8 Å². The number of aromatic nitrogens is 1. The van der Waals surface area contributed by atoms with Crippen molar-refractivity contribution in [2.45, 2.75) is 13.3 Å². The van der Waals surface area contributed by atoms with Gasteiger partial charge in [-0.2, -0.15) is 0 Å². The topological polar surface area (TPSA) is 45.2 Å². The highest BCUT2D eigenvalue weighted by atomic mass is 16.1. The first kappa shape index (κ1) is 11.7. The van der Waals surface area contributed by atoms with E-state index in [1.54, 1.807) is 12.4 Å². The molecule has 1 aliphatic rings. The molecule has 2 heterocycles. The lowest BCUT2D eigenvalue weighted by molar-refractivity contribution is -0.114. The summed E-state index contributed by atoms with van der Waals surface area (Å²) in [4.78, 5) is 17.7. The fourth-order valence-electron chi connectivity index (χ4n) is 2.49. The van der Waals surface area contributed by atoms with E-state index in [0.717, 1.165) is 24.3 Å². The highest BCUT2D eigenvalue weighted by Gasteiger charge is 2.22. The summed E-state index contributed by atoms with van der Waals surface area (Å²) in [5, 5.41) is 2.86. The maximum Gasteiger partial charge on any atom is 0.221 e. The predicted octanol–water partition coefficient (Wildman–Crippen LogP) is 2.73. The van der Waals surface area contributed by atoms with Gasteiger partial charge in [0.25, 0.3) is 0 Å². The Balaban J connectivity index is 2.02. The van der Waals surface area contributed by atoms with Gasteiger partial charge in [-0.15, -0.1) is 0 Å². The van der Waals surface area contributed by atoms with E-state index in [0.29, 0.717) is 0 Å². The van der Waals surface area contributed by atoms with Gasteiger partial charge in [-0.05, 0) is 24.1 Å². The summed E-state index contributed by atoms with van der Waals surface area (Å²) in [6.07, 6.45) is 4.51. The lowest BCUT2D eigenvalue weighted by atomic mass is 10.2. The van der Waals surface area contributed by atoms with Crippen molar-refractivity contribution < 1.29 is 4.79 Å². The molecule has 1 aromatic carbocycles. The minimum Gasteiger partial charge on any atom is -0.338 e. The first-order chi connectivity index (χ1) is 9.25. The van der Waals surface area contributed by atoms with Crippen LogP contribution in [0.25, 0.3) is 0 Å². The van der Waals surface area contributed by atoms with Gasteiger partial charge in [0.05, 0.1) is 17.6 Å². The van der Waals surface area contributed by atoms with Crippen LogP contribution in [-0.2, 0) is 11.2 Å². The van der Waals surface area contributed by atoms with Gasteiger partial charge in [-0.3, -0.25) is 9.78 Å². The molecule has 1 N–H and O–H groups in total. The molecule has 0 fully saturated rings. The van der Waals surface area contributed by atoms with Crippen LogP contribution in [0.2, 0.25) is 0 Å². The van der Waals surface area contributed by atoms with E-state index in [-0.39, 0.29) is 5.91 Å². The highest BCUT2D eigenvalue weighted by Crippen LogP contribution is 2.37. The number of amides is 1. The molecule has 1 aliphatic heterocycles. The Morgan fingerprint density at radius 3 is 2.95 bits per heavy atom. The van der Waals surface area contributed by atoms with Gasteiger partial charge in [-0.25, -0.2) is 0 Å². The largest absolute Gasteiger partial charge is 0.338 e. The first-order valence-corrected chi connectivity index (χ1v) is 6.33. The van der Waals surface area contributed by atoms with Crippen molar-refractivity contribution in [2.24, 2.45) is 0 Å². The van der Waals surface area contributed by atoms with E-state index in [2.05, 4.69) is 33.4 Å². The average Bonchev–Trinajstić information content (AvgIpc) is 2.82. The third-order valence-corrected chi connectivity index (χ3v) is 3.29. The van der Waals surface area contributed by atoms with Crippen molar-refractivity contribution in [1.82, 2.24) is 4.98 Å². The van der Waals surface area contributed by atoms with Crippen molar-refractivity contribution in [3.05, 3.63) is 48.3 Å². The molecule has 19 heavy (non-hydrogen) atoms. The zero-order valence-electron chi connectivity index (χ0n) is 10.8. The van der Waals surface area contributed by atoms with Crippen LogP contribution in [0.3, 0.4) is 0 Å². The molecule has 0 bridgehead atoms. The fourth-order valence-corrected chi connectivity index (χ4v) is 2.49. The molecule has 1 amide bonds. The van der Waals surface area contributed by atoms with Gasteiger partial charge >= 0.3 is 0 Å². The maximum absolute atomic E-state index is 11.3. The van der Waals surface area contributed by atoms with Gasteiger partial charge in [-0.1, -0.05) is 18.2 Å². The van der Waals surface area contributed by atoms with Gasteiger partial charge in [0, 0.05) is 25.4 Å². The number of rotatable bonds is 2. The number of benzene rings is 1. The van der Waals surface area contributed by atoms with E-state index >= 15 is 0 Å². The SMILES string of the molecule is CC(=O)Nc1ccncc1N1CCc2ccccc21. The maximum atomic E-state index is 11.3. The molecule has 0 radical (unpaired) electrons. The second kappa shape index (κ2) is 4.72. The molecule has 0 unspecified atom stereocenters. The lowest BCUT2D eigenvalue weighted by Crippen LogP contribution is -2.17. The van der Waals surface area contributed by atoms with Crippen LogP contribution in [-0.4, -0.2) is 17.4 Å². The molecule has 96 valence electrons. The Morgan fingerprint density at radius 1 is 1.26 bits per heavy atom. The van der Waals surface area contributed by atoms with Crippen LogP contribution in [0.4, 0.5) is 17.1 Å². The molecule has 4 nitrogen and oxygen atoms in total. The Hall–Kier alpha value is -2.36. The summed E-state index contributed by atoms with van der Waals surface area (Å²) in [5.41, 5.74) is 4.28. The number of hydrogen-bond donors (Lipinski definition) is 1. The summed E-state index contributed by atoms with van der Waals surface area (Å²) in [6.45, 7) is 2.43. The summed E-state index contributed by atoms with van der Waals surface area (Å²) in [7, 11) is 0. The number of fused-ring (bicyclic) bond motifs is 1. The fraction of sp³-hybridized carbons (Fsp3) is 0.200. The Morgan fingerprint density at radius 2 is 2.11 bits per heavy atom. The first-order valence-electron chi connectivity index (χ1n) is 6.33. The van der Waals surface area contributed by atoms with Crippen molar-refractivity contribution in [1.29, 1.82) is 0 Å². The number of para-hydroxylation sites is 1. The van der Waals surface area contributed by atoms with Crippen molar-refractivity contribution in [3.63, 3.8) is 0 Å². The third kappa shape index (κ3) is 2.17. The van der Waals surface area contributed by atoms with E-state index in [4.69, 9.17) is 0 Å². The molecule has 3 rings (SSSR count). The van der Waals surface area contributed by atoms with Crippen LogP contribution in [0.15, 0.2) is 42.7 Å². The Kier molecular flexibility index (Phi) is 2.91. The molecule has 0 aliphatic carbocycles. The normalized spacial score (nSPS) is 13.2.